The molecule has 0 aliphatic rings. The lowest BCUT2D eigenvalue weighted by atomic mass is 10.1. The third kappa shape index (κ3) is 4.44. The van der Waals surface area contributed by atoms with Crippen LogP contribution in [0, 0.1) is 18.3 Å². The summed E-state index contributed by atoms with van der Waals surface area (Å²) in [5.41, 5.74) is 0.903. The van der Waals surface area contributed by atoms with E-state index in [1.165, 1.54) is 0 Å². The van der Waals surface area contributed by atoms with Gasteiger partial charge in [-0.2, -0.15) is 5.26 Å². The Morgan fingerprint density at radius 2 is 1.83 bits per heavy atom. The summed E-state index contributed by atoms with van der Waals surface area (Å²) < 4.78 is 5.61. The number of carbonyl (C=O) groups is 2. The van der Waals surface area contributed by atoms with Crippen LogP contribution in [0.3, 0.4) is 0 Å². The number of carbonyl (C=O) groups excluding carboxylic acids is 2. The molecule has 2 amide bonds. The summed E-state index contributed by atoms with van der Waals surface area (Å²) in [5, 5.41) is 14.7. The minimum atomic E-state index is -0.386. The molecular weight excluding hydrogens is 398 g/mol. The van der Waals surface area contributed by atoms with Crippen LogP contribution in [0.1, 0.15) is 34.6 Å². The van der Waals surface area contributed by atoms with E-state index in [0.29, 0.717) is 39.8 Å². The highest BCUT2D eigenvalue weighted by atomic mass is 32.1. The number of nitrogens with one attached hydrogen (secondary N) is 1. The number of amides is 2. The van der Waals surface area contributed by atoms with E-state index in [0.717, 1.165) is 22.1 Å². The quantitative estimate of drug-likeness (QED) is 0.605. The van der Waals surface area contributed by atoms with E-state index in [4.69, 9.17) is 4.74 Å². The maximum Gasteiger partial charge on any atom is 0.264 e. The van der Waals surface area contributed by atoms with E-state index in [9.17, 15) is 14.9 Å². The number of ether oxygens (including phenoxy) is 1. The second-order valence-electron chi connectivity index (χ2n) is 6.70. The predicted molar refractivity (Wildman–Crippen MR) is 119 cm³/mol. The van der Waals surface area contributed by atoms with Gasteiger partial charge >= 0.3 is 0 Å². The van der Waals surface area contributed by atoms with Crippen molar-refractivity contribution in [1.82, 2.24) is 4.90 Å². The van der Waals surface area contributed by atoms with Crippen molar-refractivity contribution >= 4 is 38.9 Å². The van der Waals surface area contributed by atoms with Crippen molar-refractivity contribution in [2.45, 2.75) is 20.8 Å². The molecule has 154 valence electrons. The summed E-state index contributed by atoms with van der Waals surface area (Å²) in [5.74, 6) is 0.0683. The molecule has 0 aliphatic carbocycles. The van der Waals surface area contributed by atoms with Gasteiger partial charge in [0.05, 0.1) is 10.4 Å². The van der Waals surface area contributed by atoms with Gasteiger partial charge in [0, 0.05) is 13.1 Å². The molecule has 0 saturated carbocycles. The van der Waals surface area contributed by atoms with Crippen LogP contribution in [0.5, 0.6) is 5.75 Å². The van der Waals surface area contributed by atoms with E-state index in [1.54, 1.807) is 11.8 Å². The van der Waals surface area contributed by atoms with E-state index in [1.807, 2.05) is 56.3 Å². The average molecular weight is 422 g/mol. The molecule has 1 heterocycles. The Balaban J connectivity index is 1.72. The SMILES string of the molecule is CCN(CC)C(=O)c1sc(NC(=O)COc2ccc3ccccc3c2)c(C#N)c1C. The maximum absolute atomic E-state index is 12.7. The molecule has 0 unspecified atom stereocenters. The highest BCUT2D eigenvalue weighted by Gasteiger charge is 2.24. The highest BCUT2D eigenvalue weighted by Crippen LogP contribution is 2.33. The Bertz CT molecular complexity index is 1130. The van der Waals surface area contributed by atoms with Crippen LogP contribution in [0.4, 0.5) is 5.00 Å². The third-order valence-electron chi connectivity index (χ3n) is 4.85. The minimum absolute atomic E-state index is 0.132. The number of hydrogen-bond acceptors (Lipinski definition) is 5. The summed E-state index contributed by atoms with van der Waals surface area (Å²) in [6.45, 7) is 6.50. The lowest BCUT2D eigenvalue weighted by molar-refractivity contribution is -0.118. The number of anilines is 1. The van der Waals surface area contributed by atoms with Crippen LogP contribution >= 0.6 is 11.3 Å². The summed E-state index contributed by atoms with van der Waals surface area (Å²) in [7, 11) is 0. The fourth-order valence-electron chi connectivity index (χ4n) is 3.16. The van der Waals surface area contributed by atoms with Gasteiger partial charge in [-0.05, 0) is 49.2 Å². The molecule has 30 heavy (non-hydrogen) atoms. The fraction of sp³-hybridized carbons (Fsp3) is 0.261. The molecule has 1 aromatic heterocycles. The molecule has 0 aliphatic heterocycles. The van der Waals surface area contributed by atoms with Crippen molar-refractivity contribution in [3.8, 4) is 11.8 Å². The Morgan fingerprint density at radius 1 is 1.13 bits per heavy atom. The first-order valence-electron chi connectivity index (χ1n) is 9.72. The monoisotopic (exact) mass is 421 g/mol. The van der Waals surface area contributed by atoms with Crippen LogP contribution in [0.2, 0.25) is 0 Å². The topological polar surface area (TPSA) is 82.4 Å². The molecule has 0 radical (unpaired) electrons. The van der Waals surface area contributed by atoms with Gasteiger partial charge in [-0.3, -0.25) is 9.59 Å². The number of thiophene rings is 1. The second-order valence-corrected chi connectivity index (χ2v) is 7.72. The Kier molecular flexibility index (Phi) is 6.70. The molecular formula is C23H23N3O3S. The largest absolute Gasteiger partial charge is 0.484 e. The van der Waals surface area contributed by atoms with Gasteiger partial charge in [0.15, 0.2) is 6.61 Å². The zero-order chi connectivity index (χ0) is 21.7. The minimum Gasteiger partial charge on any atom is -0.484 e. The predicted octanol–water partition coefficient (Wildman–Crippen LogP) is 4.58. The van der Waals surface area contributed by atoms with Gasteiger partial charge in [0.2, 0.25) is 0 Å². The van der Waals surface area contributed by atoms with Gasteiger partial charge < -0.3 is 15.0 Å². The lowest BCUT2D eigenvalue weighted by Gasteiger charge is -2.17. The van der Waals surface area contributed by atoms with Crippen molar-refractivity contribution in [3.63, 3.8) is 0 Å². The van der Waals surface area contributed by atoms with Crippen LogP contribution in [0.15, 0.2) is 42.5 Å². The van der Waals surface area contributed by atoms with Gasteiger partial charge in [0.25, 0.3) is 11.8 Å². The van der Waals surface area contributed by atoms with Gasteiger partial charge in [0.1, 0.15) is 16.8 Å². The number of rotatable bonds is 7. The summed E-state index contributed by atoms with van der Waals surface area (Å²) in [6.07, 6.45) is 0. The second kappa shape index (κ2) is 9.42. The molecule has 0 atom stereocenters. The van der Waals surface area contributed by atoms with Crippen LogP contribution in [-0.4, -0.2) is 36.4 Å². The average Bonchev–Trinajstić information content (AvgIpc) is 3.07. The van der Waals surface area contributed by atoms with Crippen molar-refractivity contribution in [3.05, 3.63) is 58.5 Å². The number of benzene rings is 2. The lowest BCUT2D eigenvalue weighted by Crippen LogP contribution is -2.30. The first kappa shape index (κ1) is 21.3. The standard InChI is InChI=1S/C23H23N3O3S/c1-4-26(5-2)23(28)21-15(3)19(13-24)22(30-21)25-20(27)14-29-18-11-10-16-8-6-7-9-17(16)12-18/h6-12H,4-5,14H2,1-3H3,(H,25,27). The Morgan fingerprint density at radius 3 is 2.50 bits per heavy atom. The van der Waals surface area contributed by atoms with Gasteiger partial charge in [-0.1, -0.05) is 30.3 Å². The molecule has 0 fully saturated rings. The molecule has 2 aromatic carbocycles. The summed E-state index contributed by atoms with van der Waals surface area (Å²) in [6, 6.07) is 15.6. The van der Waals surface area contributed by atoms with Crippen LogP contribution in [0.25, 0.3) is 10.8 Å². The van der Waals surface area contributed by atoms with E-state index in [2.05, 4.69) is 11.4 Å². The first-order valence-corrected chi connectivity index (χ1v) is 10.5. The third-order valence-corrected chi connectivity index (χ3v) is 6.04. The molecule has 0 spiro atoms. The van der Waals surface area contributed by atoms with E-state index >= 15 is 0 Å². The number of nitrogens with zero attached hydrogens (tertiary/aromatic N) is 2. The highest BCUT2D eigenvalue weighted by molar-refractivity contribution is 7.18. The molecule has 0 saturated heterocycles. The smallest absolute Gasteiger partial charge is 0.264 e. The maximum atomic E-state index is 12.7. The number of hydrogen-bond donors (Lipinski definition) is 1. The summed E-state index contributed by atoms with van der Waals surface area (Å²) in [4.78, 5) is 27.3. The molecule has 6 nitrogen and oxygen atoms in total. The number of fused-ring (bicyclic) bond motifs is 1. The molecule has 1 N–H and O–H groups in total. The van der Waals surface area contributed by atoms with Crippen LogP contribution < -0.4 is 10.1 Å². The zero-order valence-electron chi connectivity index (χ0n) is 17.2. The number of nitriles is 1. The van der Waals surface area contributed by atoms with E-state index < -0.39 is 0 Å². The van der Waals surface area contributed by atoms with Gasteiger partial charge in [-0.25, -0.2) is 0 Å². The van der Waals surface area contributed by atoms with Gasteiger partial charge in [-0.15, -0.1) is 11.3 Å². The van der Waals surface area contributed by atoms with Crippen molar-refractivity contribution in [1.29, 1.82) is 5.26 Å². The van der Waals surface area contributed by atoms with Crippen molar-refractivity contribution in [2.75, 3.05) is 25.0 Å². The Hall–Kier alpha value is -3.37. The molecule has 7 heteroatoms. The molecule has 3 aromatic rings. The van der Waals surface area contributed by atoms with Crippen molar-refractivity contribution < 1.29 is 14.3 Å². The first-order chi connectivity index (χ1) is 14.5. The summed E-state index contributed by atoms with van der Waals surface area (Å²) >= 11 is 1.13. The normalized spacial score (nSPS) is 10.5. The zero-order valence-corrected chi connectivity index (χ0v) is 18.0. The van der Waals surface area contributed by atoms with E-state index in [-0.39, 0.29) is 18.4 Å². The van der Waals surface area contributed by atoms with Crippen molar-refractivity contribution in [2.24, 2.45) is 0 Å². The van der Waals surface area contributed by atoms with Crippen LogP contribution in [-0.2, 0) is 4.79 Å². The Labute approximate surface area is 179 Å². The molecule has 0 bridgehead atoms. The molecule has 3 rings (SSSR count). The fourth-order valence-corrected chi connectivity index (χ4v) is 4.30.